The van der Waals surface area contributed by atoms with Crippen LogP contribution in [0.1, 0.15) is 39.2 Å². The van der Waals surface area contributed by atoms with Gasteiger partial charge in [0, 0.05) is 35.4 Å². The standard InChI is InChI=1S/C28H32F2N4O5S/c1-28(2,3)39-27(35)32-17-40(4,36)16-18-11-20-14-21(12-18)37-9-5-6-10-38-24-13-19(29)7-8-22(24)25-23(30)15-31-26(33-20)34-25/h7-8,11-15,17H,5-6,9-10,16H2,1-4H3,(H,32,35)(H,31,33,34)/t40-/m0/s1. The summed E-state index contributed by atoms with van der Waals surface area (Å²) in [6.45, 7) is 5.84. The molecule has 0 spiro atoms. The molecule has 0 unspecified atom stereocenters. The first kappa shape index (κ1) is 29.1. The van der Waals surface area contributed by atoms with Gasteiger partial charge in [-0.15, -0.1) is 0 Å². The summed E-state index contributed by atoms with van der Waals surface area (Å²) >= 11 is 0. The third-order valence-corrected chi connectivity index (χ3v) is 7.03. The molecule has 1 aromatic heterocycles. The second kappa shape index (κ2) is 12.1. The van der Waals surface area contributed by atoms with E-state index in [1.54, 1.807) is 39.0 Å². The van der Waals surface area contributed by atoms with Crippen LogP contribution in [-0.2, 0) is 20.0 Å². The van der Waals surface area contributed by atoms with Crippen molar-refractivity contribution in [3.05, 3.63) is 59.8 Å². The molecule has 0 saturated heterocycles. The third-order valence-electron chi connectivity index (χ3n) is 5.51. The Balaban J connectivity index is 1.66. The summed E-state index contributed by atoms with van der Waals surface area (Å²) in [7, 11) is -2.66. The fourth-order valence-electron chi connectivity index (χ4n) is 3.89. The van der Waals surface area contributed by atoms with E-state index >= 15 is 0 Å². The summed E-state index contributed by atoms with van der Waals surface area (Å²) in [5, 5.41) is 5.50. The molecule has 2 N–H and O–H groups in total. The highest BCUT2D eigenvalue weighted by Gasteiger charge is 2.18. The molecule has 1 atom stereocenters. The summed E-state index contributed by atoms with van der Waals surface area (Å²) in [6, 6.07) is 9.07. The number of aromatic nitrogens is 2. The second-order valence-electron chi connectivity index (χ2n) is 10.4. The highest BCUT2D eigenvalue weighted by atomic mass is 32.2. The number of amides is 1. The number of ether oxygens (including phenoxy) is 3. The Morgan fingerprint density at radius 1 is 1.15 bits per heavy atom. The van der Waals surface area contributed by atoms with Gasteiger partial charge in [-0.1, -0.05) is 0 Å². The van der Waals surface area contributed by atoms with Crippen molar-refractivity contribution in [2.45, 2.75) is 45.0 Å². The number of carbonyl (C=O) groups excluding carboxylic acids is 1. The topological polar surface area (TPSA) is 112 Å². The molecule has 4 rings (SSSR count). The summed E-state index contributed by atoms with van der Waals surface area (Å²) in [4.78, 5) is 20.4. The van der Waals surface area contributed by atoms with Crippen LogP contribution >= 0.6 is 0 Å². The Kier molecular flexibility index (Phi) is 8.77. The molecule has 9 nitrogen and oxygen atoms in total. The van der Waals surface area contributed by atoms with Gasteiger partial charge in [0.1, 0.15) is 28.6 Å². The number of hydrogen-bond donors (Lipinski definition) is 2. The molecule has 1 aliphatic heterocycles. The summed E-state index contributed by atoms with van der Waals surface area (Å²) in [5.41, 5.74) is 1.98. The number of benzene rings is 2. The minimum absolute atomic E-state index is 0.0469. The van der Waals surface area contributed by atoms with Crippen molar-refractivity contribution in [1.82, 2.24) is 15.3 Å². The highest BCUT2D eigenvalue weighted by molar-refractivity contribution is 7.99. The molecule has 0 radical (unpaired) electrons. The summed E-state index contributed by atoms with van der Waals surface area (Å²) in [5.74, 6) is -0.336. The fraction of sp³-hybridized carbons (Fsp3) is 0.357. The fourth-order valence-corrected chi connectivity index (χ4v) is 5.14. The lowest BCUT2D eigenvalue weighted by Gasteiger charge is -2.19. The molecule has 0 aliphatic carbocycles. The smallest absolute Gasteiger partial charge is 0.412 e. The molecule has 4 bridgehead atoms. The zero-order valence-electron chi connectivity index (χ0n) is 22.8. The van der Waals surface area contributed by atoms with Crippen molar-refractivity contribution in [3.63, 3.8) is 0 Å². The van der Waals surface area contributed by atoms with E-state index in [2.05, 4.69) is 20.6 Å². The van der Waals surface area contributed by atoms with Crippen LogP contribution in [0.2, 0.25) is 0 Å². The van der Waals surface area contributed by atoms with Crippen molar-refractivity contribution < 1.29 is 32.0 Å². The van der Waals surface area contributed by atoms with Gasteiger partial charge in [-0.3, -0.25) is 9.53 Å². The molecule has 2 heterocycles. The van der Waals surface area contributed by atoms with Crippen LogP contribution in [0.25, 0.3) is 11.3 Å². The van der Waals surface area contributed by atoms with Gasteiger partial charge in [-0.05, 0) is 73.0 Å². The number of anilines is 2. The molecule has 1 amide bonds. The largest absolute Gasteiger partial charge is 0.494 e. The van der Waals surface area contributed by atoms with Gasteiger partial charge in [0.05, 0.1) is 24.9 Å². The van der Waals surface area contributed by atoms with Gasteiger partial charge in [0.2, 0.25) is 5.95 Å². The van der Waals surface area contributed by atoms with Gasteiger partial charge in [0.25, 0.3) is 0 Å². The molecule has 2 aromatic carbocycles. The van der Waals surface area contributed by atoms with Crippen LogP contribution in [0.15, 0.2) is 42.6 Å². The van der Waals surface area contributed by atoms with Gasteiger partial charge >= 0.3 is 6.09 Å². The van der Waals surface area contributed by atoms with E-state index < -0.39 is 32.9 Å². The molecular formula is C28H32F2N4O5S. The number of rotatable bonds is 3. The first-order valence-corrected chi connectivity index (χ1v) is 14.9. The number of halogens is 2. The Bertz CT molecular complexity index is 1520. The second-order valence-corrected chi connectivity index (χ2v) is 13.1. The Labute approximate surface area is 232 Å². The van der Waals surface area contributed by atoms with E-state index in [-0.39, 0.29) is 29.8 Å². The van der Waals surface area contributed by atoms with Crippen LogP contribution < -0.4 is 20.1 Å². The molecule has 3 aromatic rings. The zero-order valence-corrected chi connectivity index (χ0v) is 23.6. The predicted molar refractivity (Wildman–Crippen MR) is 151 cm³/mol. The lowest BCUT2D eigenvalue weighted by atomic mass is 10.1. The molecule has 12 heteroatoms. The van der Waals surface area contributed by atoms with E-state index in [0.717, 1.165) is 6.20 Å². The normalized spacial score (nSPS) is 14.9. The number of hydrogen-bond acceptors (Lipinski definition) is 8. The van der Waals surface area contributed by atoms with Crippen LogP contribution in [0, 0.1) is 11.6 Å². The SMILES string of the molecule is CC(C)(C)OC(=O)NC=[S@@](C)(=O)Cc1cc2cc(c1)OCCCCOc1cc(F)ccc1-c1nc(ncc1F)N2. The van der Waals surface area contributed by atoms with Crippen molar-refractivity contribution in [3.8, 4) is 22.8 Å². The zero-order chi connectivity index (χ0) is 28.9. The Morgan fingerprint density at radius 3 is 2.65 bits per heavy atom. The Morgan fingerprint density at radius 2 is 1.90 bits per heavy atom. The number of fused-ring (bicyclic) bond motifs is 6. The van der Waals surface area contributed by atoms with Gasteiger partial charge in [-0.2, -0.15) is 0 Å². The molecule has 1 aliphatic rings. The minimum atomic E-state index is -2.66. The number of carbonyl (C=O) groups is 1. The molecule has 40 heavy (non-hydrogen) atoms. The molecule has 0 fully saturated rings. The van der Waals surface area contributed by atoms with E-state index in [0.29, 0.717) is 42.0 Å². The van der Waals surface area contributed by atoms with E-state index in [1.165, 1.54) is 29.9 Å². The van der Waals surface area contributed by atoms with Crippen LogP contribution in [-0.4, -0.2) is 50.8 Å². The van der Waals surface area contributed by atoms with Crippen molar-refractivity contribution >= 4 is 32.7 Å². The predicted octanol–water partition coefficient (Wildman–Crippen LogP) is 5.42. The van der Waals surface area contributed by atoms with Gasteiger partial charge < -0.3 is 19.5 Å². The first-order chi connectivity index (χ1) is 18.9. The third kappa shape index (κ3) is 8.28. The number of alkyl carbamates (subject to hydrolysis) is 1. The number of nitrogens with one attached hydrogen (secondary N) is 2. The maximum atomic E-state index is 14.8. The van der Waals surface area contributed by atoms with Crippen LogP contribution in [0.5, 0.6) is 11.5 Å². The lowest BCUT2D eigenvalue weighted by molar-refractivity contribution is 0.0566. The van der Waals surface area contributed by atoms with E-state index in [1.807, 2.05) is 0 Å². The average molecular weight is 575 g/mol. The monoisotopic (exact) mass is 574 g/mol. The van der Waals surface area contributed by atoms with Gasteiger partial charge in [-0.25, -0.2) is 23.5 Å². The lowest BCUT2D eigenvalue weighted by Crippen LogP contribution is -2.33. The summed E-state index contributed by atoms with van der Waals surface area (Å²) in [6.07, 6.45) is 3.09. The summed E-state index contributed by atoms with van der Waals surface area (Å²) < 4.78 is 59.0. The highest BCUT2D eigenvalue weighted by Crippen LogP contribution is 2.33. The quantitative estimate of drug-likeness (QED) is 0.399. The molecule has 214 valence electrons. The van der Waals surface area contributed by atoms with Crippen molar-refractivity contribution in [2.24, 2.45) is 0 Å². The Hall–Kier alpha value is -3.93. The molecule has 0 saturated carbocycles. The van der Waals surface area contributed by atoms with E-state index in [9.17, 15) is 17.8 Å². The van der Waals surface area contributed by atoms with E-state index in [4.69, 9.17) is 14.2 Å². The molecular weight excluding hydrogens is 542 g/mol. The number of nitrogens with zero attached hydrogens (tertiary/aromatic N) is 2. The average Bonchev–Trinajstić information content (AvgIpc) is 2.85. The van der Waals surface area contributed by atoms with Crippen LogP contribution in [0.3, 0.4) is 0 Å². The minimum Gasteiger partial charge on any atom is -0.494 e. The van der Waals surface area contributed by atoms with Gasteiger partial charge in [0.15, 0.2) is 5.82 Å². The maximum absolute atomic E-state index is 14.8. The van der Waals surface area contributed by atoms with Crippen molar-refractivity contribution in [2.75, 3.05) is 24.8 Å². The maximum Gasteiger partial charge on any atom is 0.412 e. The van der Waals surface area contributed by atoms with Crippen molar-refractivity contribution in [1.29, 1.82) is 0 Å². The first-order valence-electron chi connectivity index (χ1n) is 12.7. The van der Waals surface area contributed by atoms with Crippen LogP contribution in [0.4, 0.5) is 25.2 Å².